The highest BCUT2D eigenvalue weighted by atomic mass is 16.7. The molecule has 0 radical (unpaired) electrons. The van der Waals surface area contributed by atoms with E-state index in [4.69, 9.17) is 9.47 Å². The first kappa shape index (κ1) is 19.2. The van der Waals surface area contributed by atoms with E-state index in [0.29, 0.717) is 0 Å². The summed E-state index contributed by atoms with van der Waals surface area (Å²) >= 11 is 0. The number of hydrogen-bond acceptors (Lipinski definition) is 7. The lowest BCUT2D eigenvalue weighted by Crippen LogP contribution is -2.60. The molecule has 0 saturated carbocycles. The Labute approximate surface area is 165 Å². The summed E-state index contributed by atoms with van der Waals surface area (Å²) in [6, 6.07) is 2.17. The number of nitrogens with one attached hydrogen (secondary N) is 4. The number of hydrogen-bond donors (Lipinski definition) is 4. The van der Waals surface area contributed by atoms with Crippen LogP contribution in [-0.2, 0) is 0 Å². The Morgan fingerprint density at radius 1 is 1.32 bits per heavy atom. The average Bonchev–Trinajstić information content (AvgIpc) is 2.97. The summed E-state index contributed by atoms with van der Waals surface area (Å²) in [4.78, 5) is 12.7. The number of anilines is 1. The molecule has 8 heteroatoms. The molecule has 3 aliphatic heterocycles. The number of ether oxygens (including phenoxy) is 2. The monoisotopic (exact) mass is 388 g/mol. The van der Waals surface area contributed by atoms with Crippen molar-refractivity contribution in [3.05, 3.63) is 28.2 Å². The first-order chi connectivity index (χ1) is 13.6. The number of allylic oxidation sites excluding steroid dienone is 1. The molecular formula is C20H30N5O3+. The summed E-state index contributed by atoms with van der Waals surface area (Å²) in [6.07, 6.45) is 4.32. The summed E-state index contributed by atoms with van der Waals surface area (Å²) < 4.78 is 12.6. The van der Waals surface area contributed by atoms with Gasteiger partial charge in [-0.3, -0.25) is 5.32 Å². The largest absolute Gasteiger partial charge is 0.453 e. The second-order valence-corrected chi connectivity index (χ2v) is 7.71. The summed E-state index contributed by atoms with van der Waals surface area (Å²) in [7, 11) is 1.82. The molecule has 152 valence electrons. The molecule has 1 fully saturated rings. The number of rotatable bonds is 4. The van der Waals surface area contributed by atoms with E-state index in [-0.39, 0.29) is 19.0 Å². The Balaban J connectivity index is 1.69. The molecular weight excluding hydrogens is 358 g/mol. The van der Waals surface area contributed by atoms with Gasteiger partial charge in [0.15, 0.2) is 11.5 Å². The molecule has 8 nitrogen and oxygen atoms in total. The fourth-order valence-corrected chi connectivity index (χ4v) is 4.23. The summed E-state index contributed by atoms with van der Waals surface area (Å²) in [5.41, 5.74) is 4.32. The van der Waals surface area contributed by atoms with Crippen LogP contribution in [0, 0.1) is 11.8 Å². The van der Waals surface area contributed by atoms with Gasteiger partial charge >= 0.3 is 6.29 Å². The third kappa shape index (κ3) is 3.59. The number of fused-ring (bicyclic) bond motifs is 1. The van der Waals surface area contributed by atoms with Crippen LogP contribution < -0.4 is 30.7 Å². The van der Waals surface area contributed by atoms with Crippen molar-refractivity contribution in [2.45, 2.75) is 51.6 Å². The zero-order valence-corrected chi connectivity index (χ0v) is 16.8. The minimum Gasteiger partial charge on any atom is -0.453 e. The van der Waals surface area contributed by atoms with E-state index in [1.54, 1.807) is 0 Å². The molecule has 0 aromatic heterocycles. The highest BCUT2D eigenvalue weighted by Crippen LogP contribution is 2.45. The Kier molecular flexibility index (Phi) is 5.52. The predicted octanol–water partition coefficient (Wildman–Crippen LogP) is 1.89. The van der Waals surface area contributed by atoms with Crippen LogP contribution in [0.3, 0.4) is 0 Å². The standard InChI is InChI=1S/C20H30N5O3/c1-12-9-17(21-3)25(26)20(23-12)24-15-10-16-19(28-11-27-16)18(13(15)2)14-5-4-7-22-8-6-14/h6,10,12,17,20-24H,4-5,7-9,11H2,1-3H3/q+1. The highest BCUT2D eigenvalue weighted by molar-refractivity contribution is 5.81. The topological polar surface area (TPSA) is 86.7 Å². The molecule has 3 heterocycles. The van der Waals surface area contributed by atoms with E-state index < -0.39 is 6.29 Å². The van der Waals surface area contributed by atoms with Crippen LogP contribution in [-0.4, -0.2) is 50.2 Å². The van der Waals surface area contributed by atoms with Crippen molar-refractivity contribution in [2.75, 3.05) is 32.2 Å². The number of nitroso groups, excluding NO2 is 1. The zero-order valence-electron chi connectivity index (χ0n) is 16.8. The maximum atomic E-state index is 12.7. The Morgan fingerprint density at radius 3 is 3.00 bits per heavy atom. The maximum absolute atomic E-state index is 12.7. The summed E-state index contributed by atoms with van der Waals surface area (Å²) in [6.45, 7) is 6.26. The van der Waals surface area contributed by atoms with Gasteiger partial charge in [0.05, 0.1) is 4.76 Å². The van der Waals surface area contributed by atoms with Gasteiger partial charge in [0, 0.05) is 41.2 Å². The highest BCUT2D eigenvalue weighted by Gasteiger charge is 2.40. The van der Waals surface area contributed by atoms with Gasteiger partial charge in [0.1, 0.15) is 0 Å². The van der Waals surface area contributed by atoms with Gasteiger partial charge in [-0.05, 0) is 51.4 Å². The summed E-state index contributed by atoms with van der Waals surface area (Å²) in [5.74, 6) is 1.54. The smallest absolute Gasteiger partial charge is 0.335 e. The molecule has 0 bridgehead atoms. The minimum absolute atomic E-state index is 0.224. The van der Waals surface area contributed by atoms with Crippen molar-refractivity contribution in [2.24, 2.45) is 0 Å². The van der Waals surface area contributed by atoms with Crippen LogP contribution in [0.2, 0.25) is 0 Å². The fraction of sp³-hybridized carbons (Fsp3) is 0.600. The van der Waals surface area contributed by atoms with E-state index in [1.165, 1.54) is 5.57 Å². The molecule has 4 rings (SSSR count). The van der Waals surface area contributed by atoms with Gasteiger partial charge in [-0.2, -0.15) is 0 Å². The number of nitrogens with zero attached hydrogens (tertiary/aromatic N) is 1. The molecule has 28 heavy (non-hydrogen) atoms. The van der Waals surface area contributed by atoms with Gasteiger partial charge in [-0.15, -0.1) is 0 Å². The molecule has 3 atom stereocenters. The molecule has 1 aromatic rings. The van der Waals surface area contributed by atoms with Gasteiger partial charge in [-0.25, -0.2) is 5.32 Å². The van der Waals surface area contributed by atoms with Crippen molar-refractivity contribution in [3.63, 3.8) is 0 Å². The van der Waals surface area contributed by atoms with Gasteiger partial charge < -0.3 is 20.1 Å². The van der Waals surface area contributed by atoms with Crippen molar-refractivity contribution >= 4 is 11.3 Å². The quantitative estimate of drug-likeness (QED) is 0.586. The molecule has 3 aliphatic rings. The molecule has 1 aromatic carbocycles. The van der Waals surface area contributed by atoms with Crippen LogP contribution in [0.4, 0.5) is 5.69 Å². The predicted molar refractivity (Wildman–Crippen MR) is 108 cm³/mol. The lowest BCUT2D eigenvalue weighted by Gasteiger charge is -2.28. The van der Waals surface area contributed by atoms with E-state index in [9.17, 15) is 4.91 Å². The van der Waals surface area contributed by atoms with Crippen LogP contribution in [0.1, 0.15) is 37.3 Å². The van der Waals surface area contributed by atoms with Crippen LogP contribution in [0.5, 0.6) is 11.5 Å². The average molecular weight is 388 g/mol. The van der Waals surface area contributed by atoms with Crippen LogP contribution >= 0.6 is 0 Å². The van der Waals surface area contributed by atoms with Crippen LogP contribution in [0.25, 0.3) is 5.57 Å². The van der Waals surface area contributed by atoms with E-state index in [2.05, 4.69) is 41.2 Å². The van der Waals surface area contributed by atoms with Crippen LogP contribution in [0.15, 0.2) is 12.1 Å². The van der Waals surface area contributed by atoms with Crippen molar-refractivity contribution in [1.82, 2.24) is 16.0 Å². The molecule has 0 amide bonds. The third-order valence-electron chi connectivity index (χ3n) is 5.74. The van der Waals surface area contributed by atoms with Crippen molar-refractivity contribution in [3.8, 4) is 11.5 Å². The van der Waals surface area contributed by atoms with Gasteiger partial charge in [0.25, 0.3) is 6.17 Å². The first-order valence-corrected chi connectivity index (χ1v) is 10.1. The maximum Gasteiger partial charge on any atom is 0.335 e. The fourth-order valence-electron chi connectivity index (χ4n) is 4.23. The lowest BCUT2D eigenvalue weighted by molar-refractivity contribution is -0.636. The van der Waals surface area contributed by atoms with Gasteiger partial charge in [0.2, 0.25) is 6.79 Å². The molecule has 1 saturated heterocycles. The second kappa shape index (κ2) is 8.06. The lowest BCUT2D eigenvalue weighted by atomic mass is 9.94. The Hall–Kier alpha value is -2.16. The zero-order chi connectivity index (χ0) is 19.7. The summed E-state index contributed by atoms with van der Waals surface area (Å²) in [5, 5.41) is 13.3. The Bertz CT molecular complexity index is 795. The first-order valence-electron chi connectivity index (χ1n) is 10.1. The molecule has 4 N–H and O–H groups in total. The van der Waals surface area contributed by atoms with E-state index in [1.807, 2.05) is 13.1 Å². The normalized spacial score (nSPS) is 27.3. The SMILES string of the molecule is CNC1CC(C)NC(Nc2cc3c(c(C4=CCNCCC4)c2C)OCO3)[N+]1=O. The third-order valence-corrected chi connectivity index (χ3v) is 5.74. The number of benzene rings is 1. The second-order valence-electron chi connectivity index (χ2n) is 7.71. The van der Waals surface area contributed by atoms with E-state index >= 15 is 0 Å². The van der Waals surface area contributed by atoms with E-state index in [0.717, 1.165) is 65.4 Å². The molecule has 0 spiro atoms. The molecule has 3 unspecified atom stereocenters. The van der Waals surface area contributed by atoms with Crippen molar-refractivity contribution in [1.29, 1.82) is 0 Å². The molecule has 0 aliphatic carbocycles. The van der Waals surface area contributed by atoms with Crippen molar-refractivity contribution < 1.29 is 14.2 Å². The van der Waals surface area contributed by atoms with Gasteiger partial charge in [-0.1, -0.05) is 6.08 Å². The minimum atomic E-state index is -0.516. The Morgan fingerprint density at radius 2 is 2.18 bits per heavy atom.